The van der Waals surface area contributed by atoms with Crippen LogP contribution in [0, 0.1) is 0 Å². The molecule has 1 fully saturated rings. The van der Waals surface area contributed by atoms with Gasteiger partial charge in [-0.3, -0.25) is 0 Å². The first-order chi connectivity index (χ1) is 16.3. The zero-order chi connectivity index (χ0) is 24.5. The van der Waals surface area contributed by atoms with Crippen LogP contribution in [-0.2, 0) is 11.3 Å². The molecular formula is C27H36N4O2Si. The summed E-state index contributed by atoms with van der Waals surface area (Å²) in [6.07, 6.45) is -0.346. The minimum Gasteiger partial charge on any atom is -0.447 e. The Kier molecular flexibility index (Phi) is 6.93. The second-order valence-electron chi connectivity index (χ2n) is 10.2. The van der Waals surface area contributed by atoms with Crippen LogP contribution >= 0.6 is 0 Å². The van der Waals surface area contributed by atoms with Crippen LogP contribution in [0.25, 0.3) is 0 Å². The molecule has 0 unspecified atom stereocenters. The first-order valence-corrected chi connectivity index (χ1v) is 14.5. The maximum atomic E-state index is 13.2. The summed E-state index contributed by atoms with van der Waals surface area (Å²) < 4.78 is 7.66. The lowest BCUT2D eigenvalue weighted by molar-refractivity contribution is 0.179. The molecule has 3 aromatic rings. The molecule has 6 nitrogen and oxygen atoms in total. The van der Waals surface area contributed by atoms with Crippen molar-refractivity contribution in [3.05, 3.63) is 71.8 Å². The lowest BCUT2D eigenvalue weighted by atomic mass is 10.1. The van der Waals surface area contributed by atoms with Gasteiger partial charge in [0.25, 0.3) is 0 Å². The number of amides is 1. The Hall–Kier alpha value is -2.93. The fourth-order valence-electron chi connectivity index (χ4n) is 6.15. The van der Waals surface area contributed by atoms with Gasteiger partial charge in [-0.1, -0.05) is 107 Å². The molecule has 0 saturated carbocycles. The zero-order valence-electron chi connectivity index (χ0n) is 21.1. The smallest absolute Gasteiger partial charge is 0.416 e. The van der Waals surface area contributed by atoms with Gasteiger partial charge in [0, 0.05) is 0 Å². The van der Waals surface area contributed by atoms with Crippen molar-refractivity contribution in [1.29, 1.82) is 0 Å². The summed E-state index contributed by atoms with van der Waals surface area (Å²) in [7, 11) is -2.23. The van der Waals surface area contributed by atoms with Crippen LogP contribution in [0.15, 0.2) is 60.7 Å². The minimum atomic E-state index is -2.23. The lowest BCUT2D eigenvalue weighted by Gasteiger charge is -2.43. The van der Waals surface area contributed by atoms with Crippen molar-refractivity contribution in [3.8, 4) is 0 Å². The van der Waals surface area contributed by atoms with E-state index in [0.29, 0.717) is 35.6 Å². The molecule has 0 N–H and O–H groups in total. The SMILES string of the molecule is CC(C)[Si](c1c(N2C(=O)OC[C@H]2c2ccccc2)nnn1Cc1ccccc1)(C(C)C)C(C)C. The summed E-state index contributed by atoms with van der Waals surface area (Å²) in [5.74, 6) is 0.676. The molecule has 1 aromatic heterocycles. The molecule has 4 rings (SSSR count). The van der Waals surface area contributed by atoms with Gasteiger partial charge in [-0.05, 0) is 27.8 Å². The van der Waals surface area contributed by atoms with Crippen LogP contribution in [0.5, 0.6) is 0 Å². The number of carbonyl (C=O) groups is 1. The Labute approximate surface area is 203 Å². The highest BCUT2D eigenvalue weighted by Crippen LogP contribution is 2.44. The standard InChI is InChI=1S/C27H36N4O2Si/c1-19(2)34(20(3)4,21(5)6)26-25(28-29-30(26)17-22-13-9-7-10-14-22)31-24(18-33-27(31)32)23-15-11-8-12-16-23/h7-16,19-21,24H,17-18H2,1-6H3/t24-/m0/s1. The highest BCUT2D eigenvalue weighted by Gasteiger charge is 2.51. The van der Waals surface area contributed by atoms with Gasteiger partial charge in [-0.25, -0.2) is 14.4 Å². The molecule has 7 heteroatoms. The molecular weight excluding hydrogens is 440 g/mol. The third-order valence-corrected chi connectivity index (χ3v) is 14.5. The van der Waals surface area contributed by atoms with Crippen LogP contribution < -0.4 is 10.2 Å². The molecule has 0 bridgehead atoms. The Bertz CT molecular complexity index is 1090. The average Bonchev–Trinajstić information content (AvgIpc) is 3.38. The molecule has 1 amide bonds. The van der Waals surface area contributed by atoms with E-state index in [1.165, 1.54) is 5.56 Å². The maximum absolute atomic E-state index is 13.2. The van der Waals surface area contributed by atoms with E-state index in [1.54, 1.807) is 4.90 Å². The second kappa shape index (κ2) is 9.74. The number of rotatable bonds is 8. The van der Waals surface area contributed by atoms with E-state index in [0.717, 1.165) is 10.9 Å². The van der Waals surface area contributed by atoms with Crippen molar-refractivity contribution in [1.82, 2.24) is 15.0 Å². The molecule has 2 aromatic carbocycles. The van der Waals surface area contributed by atoms with Crippen LogP contribution in [0.1, 0.15) is 58.7 Å². The number of anilines is 1. The van der Waals surface area contributed by atoms with Gasteiger partial charge < -0.3 is 4.74 Å². The van der Waals surface area contributed by atoms with Crippen molar-refractivity contribution in [3.63, 3.8) is 0 Å². The predicted molar refractivity (Wildman–Crippen MR) is 139 cm³/mol. The zero-order valence-corrected chi connectivity index (χ0v) is 22.1. The van der Waals surface area contributed by atoms with Gasteiger partial charge in [-0.15, -0.1) is 5.10 Å². The number of benzene rings is 2. The molecule has 2 heterocycles. The van der Waals surface area contributed by atoms with E-state index in [-0.39, 0.29) is 12.1 Å². The minimum absolute atomic E-state index is 0.215. The highest BCUT2D eigenvalue weighted by molar-refractivity contribution is 6.95. The number of cyclic esters (lactones) is 1. The number of hydrogen-bond acceptors (Lipinski definition) is 4. The van der Waals surface area contributed by atoms with Gasteiger partial charge >= 0.3 is 6.09 Å². The largest absolute Gasteiger partial charge is 0.447 e. The topological polar surface area (TPSA) is 60.3 Å². The number of carbonyl (C=O) groups excluding carboxylic acids is 1. The van der Waals surface area contributed by atoms with Gasteiger partial charge in [0.15, 0.2) is 5.82 Å². The van der Waals surface area contributed by atoms with Gasteiger partial charge in [0.1, 0.15) is 20.7 Å². The molecule has 0 spiro atoms. The van der Waals surface area contributed by atoms with Crippen LogP contribution in [-0.4, -0.2) is 35.8 Å². The normalized spacial score (nSPS) is 16.7. The molecule has 1 saturated heterocycles. The molecule has 34 heavy (non-hydrogen) atoms. The maximum Gasteiger partial charge on any atom is 0.416 e. The van der Waals surface area contributed by atoms with E-state index in [4.69, 9.17) is 9.84 Å². The fraction of sp³-hybridized carbons (Fsp3) is 0.444. The summed E-state index contributed by atoms with van der Waals surface area (Å²) >= 11 is 0. The van der Waals surface area contributed by atoms with Gasteiger partial charge in [-0.2, -0.15) is 0 Å². The number of ether oxygens (including phenoxy) is 1. The monoisotopic (exact) mass is 476 g/mol. The van der Waals surface area contributed by atoms with E-state index >= 15 is 0 Å². The summed E-state index contributed by atoms with van der Waals surface area (Å²) in [6.45, 7) is 14.9. The predicted octanol–water partition coefficient (Wildman–Crippen LogP) is 5.91. The molecule has 1 atom stereocenters. The van der Waals surface area contributed by atoms with Crippen LogP contribution in [0.4, 0.5) is 10.6 Å². The highest BCUT2D eigenvalue weighted by atomic mass is 28.3. The average molecular weight is 477 g/mol. The summed E-state index contributed by atoms with van der Waals surface area (Å²) in [5, 5.41) is 10.5. The molecule has 1 aliphatic rings. The summed E-state index contributed by atoms with van der Waals surface area (Å²) in [4.78, 5) is 14.9. The second-order valence-corrected chi connectivity index (χ2v) is 16.0. The third kappa shape index (κ3) is 4.06. The Morgan fingerprint density at radius 2 is 1.47 bits per heavy atom. The molecule has 180 valence electrons. The molecule has 0 radical (unpaired) electrons. The van der Waals surface area contributed by atoms with Crippen molar-refractivity contribution in [2.24, 2.45) is 0 Å². The number of hydrogen-bond donors (Lipinski definition) is 0. The Morgan fingerprint density at radius 1 is 0.912 bits per heavy atom. The van der Waals surface area contributed by atoms with Gasteiger partial charge in [0.2, 0.25) is 0 Å². The van der Waals surface area contributed by atoms with E-state index in [1.807, 2.05) is 48.5 Å². The van der Waals surface area contributed by atoms with Crippen molar-refractivity contribution >= 4 is 25.3 Å². The van der Waals surface area contributed by atoms with E-state index in [2.05, 4.69) is 63.6 Å². The van der Waals surface area contributed by atoms with Crippen molar-refractivity contribution in [2.45, 2.75) is 70.8 Å². The first-order valence-electron chi connectivity index (χ1n) is 12.3. The lowest BCUT2D eigenvalue weighted by Crippen LogP contribution is -2.60. The molecule has 1 aliphatic heterocycles. The van der Waals surface area contributed by atoms with Gasteiger partial charge in [0.05, 0.1) is 11.9 Å². The van der Waals surface area contributed by atoms with Crippen LogP contribution in [0.2, 0.25) is 16.6 Å². The van der Waals surface area contributed by atoms with E-state index in [9.17, 15) is 4.79 Å². The first kappa shape index (κ1) is 24.2. The Morgan fingerprint density at radius 3 is 2.03 bits per heavy atom. The van der Waals surface area contributed by atoms with Crippen LogP contribution in [0.3, 0.4) is 0 Å². The van der Waals surface area contributed by atoms with Crippen molar-refractivity contribution < 1.29 is 9.53 Å². The number of nitrogens with zero attached hydrogens (tertiary/aromatic N) is 4. The quantitative estimate of drug-likeness (QED) is 0.379. The summed E-state index contributed by atoms with van der Waals surface area (Å²) in [5.41, 5.74) is 3.53. The fourth-order valence-corrected chi connectivity index (χ4v) is 12.9. The molecule has 0 aliphatic carbocycles. The van der Waals surface area contributed by atoms with E-state index < -0.39 is 8.07 Å². The number of aromatic nitrogens is 3. The Balaban J connectivity index is 1.94. The summed E-state index contributed by atoms with van der Waals surface area (Å²) in [6, 6.07) is 20.2. The third-order valence-electron chi connectivity index (χ3n) is 7.45. The van der Waals surface area contributed by atoms with Crippen molar-refractivity contribution in [2.75, 3.05) is 11.5 Å².